The first kappa shape index (κ1) is 21.1. The van der Waals surface area contributed by atoms with E-state index in [4.69, 9.17) is 9.47 Å². The lowest BCUT2D eigenvalue weighted by atomic mass is 10.1. The van der Waals surface area contributed by atoms with Crippen molar-refractivity contribution in [2.45, 2.75) is 11.0 Å². The number of aromatic nitrogens is 2. The molecule has 0 fully saturated rings. The molecule has 1 amide bonds. The maximum atomic E-state index is 13.2. The number of aliphatic hydroxyl groups is 1. The molecule has 3 aromatic rings. The molecule has 2 N–H and O–H groups in total. The number of para-hydroxylation sites is 1. The molecule has 0 spiro atoms. The second-order valence-corrected chi connectivity index (χ2v) is 10.5. The zero-order chi connectivity index (χ0) is 23.4. The van der Waals surface area contributed by atoms with E-state index in [0.29, 0.717) is 41.3 Å². The summed E-state index contributed by atoms with van der Waals surface area (Å²) in [5, 5.41) is 18.3. The number of aliphatic hydroxyl groups excluding tert-OH is 1. The van der Waals surface area contributed by atoms with Gasteiger partial charge in [0.1, 0.15) is 13.2 Å². The van der Waals surface area contributed by atoms with Gasteiger partial charge in [0.25, 0.3) is 5.91 Å². The molecule has 6 rings (SSSR count). The van der Waals surface area contributed by atoms with Crippen molar-refractivity contribution in [2.24, 2.45) is 0 Å². The van der Waals surface area contributed by atoms with E-state index < -0.39 is 22.0 Å². The number of H-pyrrole nitrogens is 1. The van der Waals surface area contributed by atoms with E-state index >= 15 is 0 Å². The topological polar surface area (TPSA) is 125 Å². The van der Waals surface area contributed by atoms with Crippen molar-refractivity contribution in [1.29, 1.82) is 0 Å². The van der Waals surface area contributed by atoms with Crippen molar-refractivity contribution in [3.05, 3.63) is 59.3 Å². The summed E-state index contributed by atoms with van der Waals surface area (Å²) in [7, 11) is -3.74. The number of fused-ring (bicyclic) bond motifs is 2. The number of nitrogens with zero attached hydrogens (tertiary/aromatic N) is 3. The predicted molar refractivity (Wildman–Crippen MR) is 121 cm³/mol. The molecule has 3 aliphatic heterocycles. The lowest BCUT2D eigenvalue weighted by molar-refractivity contribution is -0.139. The number of sulfonamides is 1. The number of carbonyl (C=O) groups is 1. The predicted octanol–water partition coefficient (Wildman–Crippen LogP) is 1.21. The first-order chi connectivity index (χ1) is 16.4. The van der Waals surface area contributed by atoms with Gasteiger partial charge in [-0.05, 0) is 29.3 Å². The summed E-state index contributed by atoms with van der Waals surface area (Å²) < 4.78 is 38.9. The van der Waals surface area contributed by atoms with Crippen LogP contribution in [0.4, 0.5) is 0 Å². The fourth-order valence-corrected chi connectivity index (χ4v) is 6.13. The largest absolute Gasteiger partial charge is 0.486 e. The van der Waals surface area contributed by atoms with Crippen LogP contribution < -0.4 is 9.47 Å². The summed E-state index contributed by atoms with van der Waals surface area (Å²) in [6.45, 7) is 1.79. The molecule has 3 aliphatic rings. The number of carbonyl (C=O) groups excluding carboxylic acids is 1. The minimum atomic E-state index is -3.74. The zero-order valence-electron chi connectivity index (χ0n) is 18.1. The van der Waals surface area contributed by atoms with Gasteiger partial charge in [-0.25, -0.2) is 8.42 Å². The Morgan fingerprint density at radius 2 is 1.71 bits per heavy atom. The molecular formula is C23H22N4O6S. The third-order valence-electron chi connectivity index (χ3n) is 6.46. The number of hydrogen-bond donors (Lipinski definition) is 2. The van der Waals surface area contributed by atoms with Gasteiger partial charge < -0.3 is 19.5 Å². The van der Waals surface area contributed by atoms with Crippen LogP contribution in [0.1, 0.15) is 11.8 Å². The molecule has 1 aromatic heterocycles. The molecular weight excluding hydrogens is 460 g/mol. The molecule has 2 aromatic carbocycles. The zero-order valence-corrected chi connectivity index (χ0v) is 18.9. The van der Waals surface area contributed by atoms with Crippen LogP contribution in [-0.4, -0.2) is 78.2 Å². The highest BCUT2D eigenvalue weighted by Crippen LogP contribution is 2.36. The molecule has 11 heteroatoms. The second kappa shape index (κ2) is 7.83. The molecule has 0 radical (unpaired) electrons. The quantitative estimate of drug-likeness (QED) is 0.536. The molecule has 176 valence electrons. The molecule has 0 saturated heterocycles. The minimum Gasteiger partial charge on any atom is -0.486 e. The maximum absolute atomic E-state index is 13.2. The molecule has 0 aliphatic carbocycles. The van der Waals surface area contributed by atoms with Gasteiger partial charge in [-0.1, -0.05) is 18.2 Å². The van der Waals surface area contributed by atoms with Crippen molar-refractivity contribution >= 4 is 26.8 Å². The molecule has 1 atom stereocenters. The Kier molecular flexibility index (Phi) is 4.87. The van der Waals surface area contributed by atoms with Gasteiger partial charge in [0.05, 0.1) is 16.1 Å². The Morgan fingerprint density at radius 1 is 1.00 bits per heavy atom. The van der Waals surface area contributed by atoms with E-state index in [2.05, 4.69) is 10.2 Å². The normalized spacial score (nSPS) is 19.0. The van der Waals surface area contributed by atoms with E-state index in [1.165, 1.54) is 16.4 Å². The van der Waals surface area contributed by atoms with Crippen LogP contribution >= 0.6 is 0 Å². The summed E-state index contributed by atoms with van der Waals surface area (Å²) in [4.78, 5) is 14.7. The molecule has 10 nitrogen and oxygen atoms in total. The smallest absolute Gasteiger partial charge is 0.258 e. The average Bonchev–Trinajstić information content (AvgIpc) is 3.56. The van der Waals surface area contributed by atoms with E-state index in [0.717, 1.165) is 11.1 Å². The lowest BCUT2D eigenvalue weighted by Gasteiger charge is -2.25. The molecule has 0 bridgehead atoms. The monoisotopic (exact) mass is 482 g/mol. The van der Waals surface area contributed by atoms with Gasteiger partial charge in [0.15, 0.2) is 17.6 Å². The summed E-state index contributed by atoms with van der Waals surface area (Å²) in [5.41, 5.74) is 2.80. The number of rotatable bonds is 4. The van der Waals surface area contributed by atoms with Gasteiger partial charge >= 0.3 is 0 Å². The molecule has 1 unspecified atom stereocenters. The number of hydrogen-bond acceptors (Lipinski definition) is 7. The Hall–Kier alpha value is -3.41. The summed E-state index contributed by atoms with van der Waals surface area (Å²) in [5.74, 6) is 0.513. The number of benzene rings is 2. The summed E-state index contributed by atoms with van der Waals surface area (Å²) in [6, 6.07) is 11.9. The van der Waals surface area contributed by atoms with Crippen LogP contribution in [0.5, 0.6) is 11.5 Å². The second-order valence-electron chi connectivity index (χ2n) is 8.54. The molecule has 0 saturated carbocycles. The summed E-state index contributed by atoms with van der Waals surface area (Å²) in [6.07, 6.45) is -1.37. The van der Waals surface area contributed by atoms with Crippen molar-refractivity contribution < 1.29 is 27.8 Å². The van der Waals surface area contributed by atoms with Crippen LogP contribution in [0.25, 0.3) is 10.9 Å². The van der Waals surface area contributed by atoms with Crippen LogP contribution in [0.2, 0.25) is 0 Å². The van der Waals surface area contributed by atoms with Gasteiger partial charge in [0, 0.05) is 37.6 Å². The van der Waals surface area contributed by atoms with Crippen molar-refractivity contribution in [3.8, 4) is 11.5 Å². The number of nitrogens with one attached hydrogen (secondary N) is 1. The third kappa shape index (κ3) is 3.35. The van der Waals surface area contributed by atoms with Crippen molar-refractivity contribution in [3.63, 3.8) is 0 Å². The van der Waals surface area contributed by atoms with Gasteiger partial charge in [0.2, 0.25) is 10.0 Å². The number of aromatic amines is 1. The Bertz CT molecular complexity index is 1430. The molecule has 4 heterocycles. The van der Waals surface area contributed by atoms with Crippen LogP contribution in [0, 0.1) is 0 Å². The minimum absolute atomic E-state index is 0.146. The average molecular weight is 483 g/mol. The van der Waals surface area contributed by atoms with Crippen LogP contribution in [0.3, 0.4) is 0 Å². The van der Waals surface area contributed by atoms with Crippen molar-refractivity contribution in [1.82, 2.24) is 19.4 Å². The van der Waals surface area contributed by atoms with E-state index in [1.54, 1.807) is 23.1 Å². The van der Waals surface area contributed by atoms with Crippen molar-refractivity contribution in [2.75, 3.05) is 39.4 Å². The fourth-order valence-electron chi connectivity index (χ4n) is 4.69. The van der Waals surface area contributed by atoms with E-state index in [9.17, 15) is 18.3 Å². The number of amides is 1. The molecule has 34 heavy (non-hydrogen) atoms. The first-order valence-electron chi connectivity index (χ1n) is 10.9. The highest BCUT2D eigenvalue weighted by molar-refractivity contribution is 7.89. The van der Waals surface area contributed by atoms with E-state index in [-0.39, 0.29) is 31.1 Å². The van der Waals surface area contributed by atoms with Gasteiger partial charge in [-0.2, -0.15) is 9.40 Å². The fraction of sp³-hybridized carbons (Fsp3) is 0.304. The maximum Gasteiger partial charge on any atom is 0.258 e. The third-order valence-corrected chi connectivity index (χ3v) is 8.25. The standard InChI is InChI=1S/C23H22N4O6S/c28-22(21-17-3-1-2-4-18(17)24-25-21)23(29)26-10-14-12-27(13-15(14)11-26)34(30,31)16-5-6-19-20(9-16)33-8-7-32-19/h1-6,9,22,28H,7-8,10-13H2,(H,24,25). The Balaban J connectivity index is 1.15. The Morgan fingerprint density at radius 3 is 2.47 bits per heavy atom. The van der Waals surface area contributed by atoms with E-state index in [1.807, 2.05) is 12.1 Å². The van der Waals surface area contributed by atoms with Gasteiger partial charge in [-0.15, -0.1) is 0 Å². The number of ether oxygens (including phenoxy) is 2. The SMILES string of the molecule is O=C(C(O)c1[nH]nc2ccccc12)N1CC2=C(C1)CN(S(=O)(=O)c1ccc3c(c1)OCCO3)C2. The highest BCUT2D eigenvalue weighted by Gasteiger charge is 2.39. The van der Waals surface area contributed by atoms with Crippen LogP contribution in [0.15, 0.2) is 58.5 Å². The Labute approximate surface area is 195 Å². The first-order valence-corrected chi connectivity index (χ1v) is 12.4. The van der Waals surface area contributed by atoms with Crippen LogP contribution in [-0.2, 0) is 14.8 Å². The summed E-state index contributed by atoms with van der Waals surface area (Å²) >= 11 is 0. The van der Waals surface area contributed by atoms with Gasteiger partial charge in [-0.3, -0.25) is 9.89 Å². The highest BCUT2D eigenvalue weighted by atomic mass is 32.2. The lowest BCUT2D eigenvalue weighted by Crippen LogP contribution is -2.38.